The van der Waals surface area contributed by atoms with E-state index in [0.717, 1.165) is 17.8 Å². The molecular formula is C18H29NS. The van der Waals surface area contributed by atoms with E-state index in [4.69, 9.17) is 12.2 Å². The highest BCUT2D eigenvalue weighted by Gasteiger charge is 2.49. The van der Waals surface area contributed by atoms with E-state index in [1.807, 2.05) is 0 Å². The van der Waals surface area contributed by atoms with Crippen molar-refractivity contribution in [2.45, 2.75) is 83.1 Å². The molecule has 5 fully saturated rings. The smallest absolute Gasteiger partial charge is 0.0818 e. The Bertz CT molecular complexity index is 371. The van der Waals surface area contributed by atoms with Crippen LogP contribution in [0.5, 0.6) is 0 Å². The predicted molar refractivity (Wildman–Crippen MR) is 87.8 cm³/mol. The highest BCUT2D eigenvalue weighted by molar-refractivity contribution is 7.80. The molecule has 0 aromatic rings. The third-order valence-corrected chi connectivity index (χ3v) is 7.36. The van der Waals surface area contributed by atoms with Gasteiger partial charge in [0.25, 0.3) is 0 Å². The Kier molecular flexibility index (Phi) is 3.57. The summed E-state index contributed by atoms with van der Waals surface area (Å²) in [5.41, 5.74) is 0.408. The van der Waals surface area contributed by atoms with E-state index in [1.165, 1.54) is 82.0 Å². The Labute approximate surface area is 129 Å². The van der Waals surface area contributed by atoms with Gasteiger partial charge in [-0.1, -0.05) is 31.5 Å². The lowest BCUT2D eigenvalue weighted by atomic mass is 9.61. The Balaban J connectivity index is 1.49. The summed E-state index contributed by atoms with van der Waals surface area (Å²) in [5, 5.41) is 3.83. The lowest BCUT2D eigenvalue weighted by molar-refractivity contribution is 0.107. The molecule has 0 heterocycles. The SMILES string of the molecule is S=C(NC1CCCCC1)C12CCC3C[C@@H](C[C@H](C3)C1)C2. The van der Waals surface area contributed by atoms with Crippen LogP contribution in [0.1, 0.15) is 77.0 Å². The second-order valence-corrected chi connectivity index (χ2v) is 8.75. The zero-order valence-electron chi connectivity index (χ0n) is 12.7. The number of hydrogen-bond acceptors (Lipinski definition) is 1. The first-order valence-electron chi connectivity index (χ1n) is 9.04. The standard InChI is InChI=1S/C18H29NS/c20-17(19-16-4-2-1-3-5-16)18-7-6-13-8-14(11-18)10-15(9-13)12-18/h13-16H,1-12H2,(H,19,20)/t13?,14-,15-,18?/m0/s1. The van der Waals surface area contributed by atoms with Crippen molar-refractivity contribution in [2.75, 3.05) is 0 Å². The molecule has 0 unspecified atom stereocenters. The van der Waals surface area contributed by atoms with Crippen molar-refractivity contribution in [3.8, 4) is 0 Å². The third-order valence-electron chi connectivity index (χ3n) is 6.81. The van der Waals surface area contributed by atoms with E-state index in [9.17, 15) is 0 Å². The minimum atomic E-state index is 0.408. The molecule has 0 aliphatic heterocycles. The summed E-state index contributed by atoms with van der Waals surface area (Å²) < 4.78 is 0. The third kappa shape index (κ3) is 2.42. The number of fused-ring (bicyclic) bond motifs is 1. The van der Waals surface area contributed by atoms with Crippen molar-refractivity contribution >= 4 is 17.2 Å². The predicted octanol–water partition coefficient (Wildman–Crippen LogP) is 4.84. The van der Waals surface area contributed by atoms with Crippen molar-refractivity contribution in [2.24, 2.45) is 23.2 Å². The maximum absolute atomic E-state index is 5.97. The Morgan fingerprint density at radius 2 is 1.50 bits per heavy atom. The maximum atomic E-state index is 5.97. The minimum Gasteiger partial charge on any atom is -0.376 e. The average Bonchev–Trinajstić information content (AvgIpc) is 2.65. The number of nitrogens with one attached hydrogen (secondary N) is 1. The monoisotopic (exact) mass is 291 g/mol. The van der Waals surface area contributed by atoms with Crippen LogP contribution in [-0.2, 0) is 0 Å². The second-order valence-electron chi connectivity index (χ2n) is 8.34. The molecule has 112 valence electrons. The molecule has 5 aliphatic rings. The highest BCUT2D eigenvalue weighted by atomic mass is 32.1. The Morgan fingerprint density at radius 1 is 0.850 bits per heavy atom. The summed E-state index contributed by atoms with van der Waals surface area (Å²) in [4.78, 5) is 1.28. The fourth-order valence-corrected chi connectivity index (χ4v) is 6.46. The van der Waals surface area contributed by atoms with Gasteiger partial charge in [0.2, 0.25) is 0 Å². The van der Waals surface area contributed by atoms with Crippen LogP contribution in [0.3, 0.4) is 0 Å². The fraction of sp³-hybridized carbons (Fsp3) is 0.944. The summed E-state index contributed by atoms with van der Waals surface area (Å²) in [6.07, 6.45) is 17.2. The highest BCUT2D eigenvalue weighted by Crippen LogP contribution is 2.57. The molecule has 0 spiro atoms. The quantitative estimate of drug-likeness (QED) is 0.730. The molecule has 5 saturated carbocycles. The van der Waals surface area contributed by atoms with E-state index in [2.05, 4.69) is 5.32 Å². The molecule has 2 atom stereocenters. The van der Waals surface area contributed by atoms with Gasteiger partial charge in [-0.3, -0.25) is 0 Å². The normalized spacial score (nSPS) is 44.3. The molecule has 0 radical (unpaired) electrons. The van der Waals surface area contributed by atoms with Crippen LogP contribution < -0.4 is 5.32 Å². The van der Waals surface area contributed by atoms with Crippen LogP contribution in [0.25, 0.3) is 0 Å². The van der Waals surface area contributed by atoms with Crippen LogP contribution in [0, 0.1) is 23.2 Å². The van der Waals surface area contributed by atoms with Crippen molar-refractivity contribution in [3.05, 3.63) is 0 Å². The summed E-state index contributed by atoms with van der Waals surface area (Å²) in [5.74, 6) is 3.04. The first-order chi connectivity index (χ1) is 9.73. The molecule has 5 aliphatic carbocycles. The van der Waals surface area contributed by atoms with Crippen LogP contribution in [0.15, 0.2) is 0 Å². The van der Waals surface area contributed by atoms with Crippen LogP contribution >= 0.6 is 12.2 Å². The zero-order valence-corrected chi connectivity index (χ0v) is 13.5. The zero-order chi connectivity index (χ0) is 13.6. The van der Waals surface area contributed by atoms with Gasteiger partial charge in [0, 0.05) is 11.5 Å². The first kappa shape index (κ1) is 13.5. The van der Waals surface area contributed by atoms with Gasteiger partial charge in [0.05, 0.1) is 4.99 Å². The molecule has 0 amide bonds. The van der Waals surface area contributed by atoms with Gasteiger partial charge in [-0.15, -0.1) is 0 Å². The molecule has 5 rings (SSSR count). The average molecular weight is 292 g/mol. The molecular weight excluding hydrogens is 262 g/mol. The van der Waals surface area contributed by atoms with Crippen molar-refractivity contribution < 1.29 is 0 Å². The van der Waals surface area contributed by atoms with Gasteiger partial charge in [-0.05, 0) is 75.5 Å². The minimum absolute atomic E-state index is 0.408. The largest absolute Gasteiger partial charge is 0.376 e. The number of rotatable bonds is 2. The second kappa shape index (κ2) is 5.26. The topological polar surface area (TPSA) is 12.0 Å². The molecule has 1 nitrogen and oxygen atoms in total. The molecule has 0 aromatic heterocycles. The van der Waals surface area contributed by atoms with E-state index in [-0.39, 0.29) is 0 Å². The first-order valence-corrected chi connectivity index (χ1v) is 9.45. The molecule has 0 saturated heterocycles. The summed E-state index contributed by atoms with van der Waals surface area (Å²) >= 11 is 5.97. The summed E-state index contributed by atoms with van der Waals surface area (Å²) in [6, 6.07) is 0.698. The van der Waals surface area contributed by atoms with Crippen LogP contribution in [-0.4, -0.2) is 11.0 Å². The molecule has 20 heavy (non-hydrogen) atoms. The van der Waals surface area contributed by atoms with E-state index < -0.39 is 0 Å². The van der Waals surface area contributed by atoms with Crippen molar-refractivity contribution in [1.29, 1.82) is 0 Å². The summed E-state index contributed by atoms with van der Waals surface area (Å²) in [7, 11) is 0. The Hall–Kier alpha value is -0.110. The number of thiocarbonyl (C=S) groups is 1. The lowest BCUT2D eigenvalue weighted by Gasteiger charge is -2.46. The van der Waals surface area contributed by atoms with Gasteiger partial charge in [0.1, 0.15) is 0 Å². The fourth-order valence-electron chi connectivity index (χ4n) is 6.03. The molecule has 1 N–H and O–H groups in total. The van der Waals surface area contributed by atoms with Gasteiger partial charge >= 0.3 is 0 Å². The van der Waals surface area contributed by atoms with Crippen LogP contribution in [0.4, 0.5) is 0 Å². The maximum Gasteiger partial charge on any atom is 0.0818 e. The van der Waals surface area contributed by atoms with Crippen molar-refractivity contribution in [3.63, 3.8) is 0 Å². The lowest BCUT2D eigenvalue weighted by Crippen LogP contribution is -2.48. The van der Waals surface area contributed by atoms with E-state index >= 15 is 0 Å². The Morgan fingerprint density at radius 3 is 2.20 bits per heavy atom. The van der Waals surface area contributed by atoms with E-state index in [1.54, 1.807) is 0 Å². The molecule has 4 bridgehead atoms. The van der Waals surface area contributed by atoms with Crippen molar-refractivity contribution in [1.82, 2.24) is 5.32 Å². The number of hydrogen-bond donors (Lipinski definition) is 1. The van der Waals surface area contributed by atoms with E-state index in [0.29, 0.717) is 11.5 Å². The van der Waals surface area contributed by atoms with Gasteiger partial charge in [-0.2, -0.15) is 0 Å². The van der Waals surface area contributed by atoms with Gasteiger partial charge in [-0.25, -0.2) is 0 Å². The molecule has 0 aromatic carbocycles. The van der Waals surface area contributed by atoms with Gasteiger partial charge < -0.3 is 5.32 Å². The summed E-state index contributed by atoms with van der Waals surface area (Å²) in [6.45, 7) is 0. The molecule has 2 heteroatoms. The van der Waals surface area contributed by atoms with Crippen LogP contribution in [0.2, 0.25) is 0 Å². The van der Waals surface area contributed by atoms with Gasteiger partial charge in [0.15, 0.2) is 0 Å².